The minimum Gasteiger partial charge on any atom is -0.245 e. The molecule has 0 amide bonds. The summed E-state index contributed by atoms with van der Waals surface area (Å²) in [4.78, 5) is 27.7. The van der Waals surface area contributed by atoms with Gasteiger partial charge in [-0.3, -0.25) is 0 Å². The van der Waals surface area contributed by atoms with Crippen LogP contribution < -0.4 is 11.4 Å². The van der Waals surface area contributed by atoms with Gasteiger partial charge in [-0.25, -0.2) is 14.2 Å². The third-order valence-corrected chi connectivity index (χ3v) is 3.05. The van der Waals surface area contributed by atoms with Crippen molar-refractivity contribution in [1.29, 1.82) is 0 Å². The molecule has 0 atom stereocenters. The number of nitrogens with zero attached hydrogens (tertiary/aromatic N) is 4. The van der Waals surface area contributed by atoms with E-state index in [1.54, 1.807) is 6.92 Å². The molecule has 0 aromatic carbocycles. The molecule has 86 valence electrons. The fourth-order valence-corrected chi connectivity index (χ4v) is 2.14. The minimum absolute atomic E-state index is 0.361. The fourth-order valence-electron chi connectivity index (χ4n) is 1.42. The van der Waals surface area contributed by atoms with E-state index in [1.807, 2.05) is 6.92 Å². The van der Waals surface area contributed by atoms with Gasteiger partial charge in [0.05, 0.1) is 0 Å². The van der Waals surface area contributed by atoms with Crippen LogP contribution in [-0.2, 0) is 6.54 Å². The first-order valence-electron chi connectivity index (χ1n) is 5.11. The average Bonchev–Trinajstić information content (AvgIpc) is 2.59. The van der Waals surface area contributed by atoms with Gasteiger partial charge in [0.15, 0.2) is 0 Å². The Bertz CT molecular complexity index is 624. The van der Waals surface area contributed by atoms with Gasteiger partial charge < -0.3 is 0 Å². The second kappa shape index (κ2) is 4.17. The van der Waals surface area contributed by atoms with Gasteiger partial charge in [0, 0.05) is 6.54 Å². The number of rotatable bonds is 3. The first-order valence-corrected chi connectivity index (χ1v) is 5.92. The van der Waals surface area contributed by atoms with Crippen LogP contribution in [0.4, 0.5) is 0 Å². The van der Waals surface area contributed by atoms with Crippen molar-refractivity contribution in [2.45, 2.75) is 33.2 Å². The first-order chi connectivity index (χ1) is 7.63. The molecule has 0 saturated carbocycles. The van der Waals surface area contributed by atoms with Gasteiger partial charge in [-0.2, -0.15) is 14.6 Å². The molecule has 16 heavy (non-hydrogen) atoms. The topological polar surface area (TPSA) is 69.3 Å². The van der Waals surface area contributed by atoms with E-state index in [0.29, 0.717) is 11.5 Å². The summed E-state index contributed by atoms with van der Waals surface area (Å²) in [6, 6.07) is 0. The van der Waals surface area contributed by atoms with Gasteiger partial charge in [-0.05, 0) is 13.3 Å². The highest BCUT2D eigenvalue weighted by molar-refractivity contribution is 7.16. The Balaban J connectivity index is 2.65. The maximum atomic E-state index is 11.9. The Labute approximate surface area is 95.2 Å². The summed E-state index contributed by atoms with van der Waals surface area (Å²) in [5.74, 6) is 0. The van der Waals surface area contributed by atoms with Crippen molar-refractivity contribution in [2.24, 2.45) is 0 Å². The van der Waals surface area contributed by atoms with Crippen molar-refractivity contribution < 1.29 is 0 Å². The number of aromatic nitrogens is 4. The molecule has 0 saturated heterocycles. The number of unbranched alkanes of at least 4 members (excludes halogenated alkanes) is 1. The van der Waals surface area contributed by atoms with Gasteiger partial charge in [0.25, 0.3) is 0 Å². The molecule has 6 nitrogen and oxygen atoms in total. The highest BCUT2D eigenvalue weighted by atomic mass is 32.1. The SMILES string of the molecule is CCCCn1c(=O)nc2sc(C)nn2c1=O. The molecule has 0 bridgehead atoms. The van der Waals surface area contributed by atoms with Crippen molar-refractivity contribution >= 4 is 16.3 Å². The van der Waals surface area contributed by atoms with Crippen molar-refractivity contribution in [3.8, 4) is 0 Å². The number of fused-ring (bicyclic) bond motifs is 1. The molecule has 0 radical (unpaired) electrons. The zero-order chi connectivity index (χ0) is 11.7. The van der Waals surface area contributed by atoms with Crippen LogP contribution in [0.15, 0.2) is 9.59 Å². The molecule has 0 unspecified atom stereocenters. The van der Waals surface area contributed by atoms with Gasteiger partial charge in [0.1, 0.15) is 5.01 Å². The van der Waals surface area contributed by atoms with E-state index in [9.17, 15) is 9.59 Å². The van der Waals surface area contributed by atoms with Crippen molar-refractivity contribution in [3.05, 3.63) is 26.0 Å². The van der Waals surface area contributed by atoms with E-state index in [0.717, 1.165) is 22.4 Å². The lowest BCUT2D eigenvalue weighted by Crippen LogP contribution is -2.39. The molecular weight excluding hydrogens is 228 g/mol. The van der Waals surface area contributed by atoms with Gasteiger partial charge in [-0.1, -0.05) is 24.7 Å². The largest absolute Gasteiger partial charge is 0.355 e. The van der Waals surface area contributed by atoms with Gasteiger partial charge in [0.2, 0.25) is 4.96 Å². The van der Waals surface area contributed by atoms with Crippen LogP contribution in [0.2, 0.25) is 0 Å². The summed E-state index contributed by atoms with van der Waals surface area (Å²) >= 11 is 1.24. The maximum Gasteiger partial charge on any atom is 0.355 e. The van der Waals surface area contributed by atoms with E-state index in [1.165, 1.54) is 15.9 Å². The van der Waals surface area contributed by atoms with E-state index in [-0.39, 0.29) is 0 Å². The van der Waals surface area contributed by atoms with Crippen molar-refractivity contribution in [2.75, 3.05) is 0 Å². The van der Waals surface area contributed by atoms with Gasteiger partial charge in [-0.15, -0.1) is 0 Å². The number of hydrogen-bond acceptors (Lipinski definition) is 5. The first kappa shape index (κ1) is 11.0. The van der Waals surface area contributed by atoms with E-state index in [4.69, 9.17) is 0 Å². The molecule has 0 aliphatic carbocycles. The summed E-state index contributed by atoms with van der Waals surface area (Å²) in [6.45, 7) is 4.18. The quantitative estimate of drug-likeness (QED) is 0.779. The molecule has 2 heterocycles. The summed E-state index contributed by atoms with van der Waals surface area (Å²) in [5, 5.41) is 4.74. The lowest BCUT2D eigenvalue weighted by atomic mass is 10.3. The molecular formula is C9H12N4O2S. The molecule has 0 spiro atoms. The summed E-state index contributed by atoms with van der Waals surface area (Å²) in [7, 11) is 0. The van der Waals surface area contributed by atoms with Crippen molar-refractivity contribution in [1.82, 2.24) is 19.2 Å². The molecule has 2 rings (SSSR count). The second-order valence-corrected chi connectivity index (χ2v) is 4.66. The smallest absolute Gasteiger partial charge is 0.245 e. The maximum absolute atomic E-state index is 11.9. The molecule has 7 heteroatoms. The Morgan fingerprint density at radius 1 is 1.38 bits per heavy atom. The molecule has 2 aromatic rings. The lowest BCUT2D eigenvalue weighted by molar-refractivity contribution is 0.553. The highest BCUT2D eigenvalue weighted by Crippen LogP contribution is 2.06. The van der Waals surface area contributed by atoms with Crippen LogP contribution in [0.3, 0.4) is 0 Å². The van der Waals surface area contributed by atoms with Crippen molar-refractivity contribution in [3.63, 3.8) is 0 Å². The second-order valence-electron chi connectivity index (χ2n) is 3.50. The van der Waals surface area contributed by atoms with Crippen LogP contribution >= 0.6 is 11.3 Å². The third-order valence-electron chi connectivity index (χ3n) is 2.23. The summed E-state index contributed by atoms with van der Waals surface area (Å²) in [6.07, 6.45) is 1.71. The zero-order valence-electron chi connectivity index (χ0n) is 9.13. The Morgan fingerprint density at radius 3 is 2.81 bits per heavy atom. The Hall–Kier alpha value is -1.50. The van der Waals surface area contributed by atoms with Crippen LogP contribution in [0.5, 0.6) is 0 Å². The van der Waals surface area contributed by atoms with E-state index >= 15 is 0 Å². The number of hydrogen-bond donors (Lipinski definition) is 0. The lowest BCUT2D eigenvalue weighted by Gasteiger charge is -2.01. The van der Waals surface area contributed by atoms with Crippen LogP contribution in [-0.4, -0.2) is 19.2 Å². The van der Waals surface area contributed by atoms with Crippen LogP contribution in [0.1, 0.15) is 24.8 Å². The summed E-state index contributed by atoms with van der Waals surface area (Å²) < 4.78 is 2.33. The fraction of sp³-hybridized carbons (Fsp3) is 0.556. The molecule has 2 aromatic heterocycles. The minimum atomic E-state index is -0.484. The molecule has 0 aliphatic heterocycles. The van der Waals surface area contributed by atoms with Crippen LogP contribution in [0.25, 0.3) is 4.96 Å². The van der Waals surface area contributed by atoms with Gasteiger partial charge >= 0.3 is 11.4 Å². The van der Waals surface area contributed by atoms with E-state index < -0.39 is 11.4 Å². The predicted molar refractivity (Wildman–Crippen MR) is 61.0 cm³/mol. The number of aryl methyl sites for hydroxylation is 1. The highest BCUT2D eigenvalue weighted by Gasteiger charge is 2.10. The third kappa shape index (κ3) is 1.78. The average molecular weight is 240 g/mol. The Kier molecular flexibility index (Phi) is 2.86. The van der Waals surface area contributed by atoms with Crippen LogP contribution in [0, 0.1) is 6.92 Å². The summed E-state index contributed by atoms with van der Waals surface area (Å²) in [5.41, 5.74) is -0.880. The molecule has 0 aliphatic rings. The Morgan fingerprint density at radius 2 is 2.12 bits per heavy atom. The molecule has 0 N–H and O–H groups in total. The normalized spacial score (nSPS) is 11.1. The monoisotopic (exact) mass is 240 g/mol. The molecule has 0 fully saturated rings. The van der Waals surface area contributed by atoms with E-state index in [2.05, 4.69) is 10.1 Å². The predicted octanol–water partition coefficient (Wildman–Crippen LogP) is 0.421. The zero-order valence-corrected chi connectivity index (χ0v) is 9.95. The standard InChI is InChI=1S/C9H12N4O2S/c1-3-4-5-12-7(14)10-8-13(9(12)15)11-6(2)16-8/h3-5H2,1-2H3.